The molecule has 2 aliphatic carbocycles. The molecular formula is C19H22O4. The Kier molecular flexibility index (Phi) is 4.24. The molecule has 0 saturated heterocycles. The van der Waals surface area contributed by atoms with Crippen molar-refractivity contribution in [1.29, 1.82) is 0 Å². The number of allylic oxidation sites excluding steroid dienone is 2. The number of benzene rings is 1. The molecule has 0 spiro atoms. The van der Waals surface area contributed by atoms with E-state index in [-0.39, 0.29) is 0 Å². The highest BCUT2D eigenvalue weighted by atomic mass is 16.5. The van der Waals surface area contributed by atoms with Gasteiger partial charge in [-0.2, -0.15) is 0 Å². The van der Waals surface area contributed by atoms with E-state index in [0.717, 1.165) is 24.0 Å². The zero-order valence-corrected chi connectivity index (χ0v) is 13.7. The van der Waals surface area contributed by atoms with Crippen LogP contribution in [0.25, 0.3) is 5.57 Å². The first-order chi connectivity index (χ1) is 11.1. The number of hydrogen-bond donors (Lipinski definition) is 0. The van der Waals surface area contributed by atoms with Crippen LogP contribution < -0.4 is 0 Å². The number of methoxy groups -OCH3 is 2. The molecule has 0 saturated carbocycles. The Hall–Kier alpha value is -2.10. The fourth-order valence-electron chi connectivity index (χ4n) is 3.74. The van der Waals surface area contributed by atoms with E-state index in [1.54, 1.807) is 0 Å². The van der Waals surface area contributed by atoms with Gasteiger partial charge < -0.3 is 9.47 Å². The molecule has 0 aromatic heterocycles. The lowest BCUT2D eigenvalue weighted by atomic mass is 9.85. The highest BCUT2D eigenvalue weighted by Gasteiger charge is 2.52. The summed E-state index contributed by atoms with van der Waals surface area (Å²) in [6, 6.07) is 6.26. The number of esters is 2. The summed E-state index contributed by atoms with van der Waals surface area (Å²) in [7, 11) is 2.63. The fraction of sp³-hybridized carbons (Fsp3) is 0.474. The molecule has 0 atom stereocenters. The lowest BCUT2D eigenvalue weighted by molar-refractivity contribution is -0.168. The third-order valence-corrected chi connectivity index (χ3v) is 5.00. The fourth-order valence-corrected chi connectivity index (χ4v) is 3.74. The first-order valence-electron chi connectivity index (χ1n) is 8.09. The minimum absolute atomic E-state index is 0.348. The summed E-state index contributed by atoms with van der Waals surface area (Å²) in [4.78, 5) is 24.5. The van der Waals surface area contributed by atoms with Crippen LogP contribution in [0.15, 0.2) is 24.3 Å². The maximum Gasteiger partial charge on any atom is 0.323 e. The lowest BCUT2D eigenvalue weighted by Crippen LogP contribution is -2.42. The molecule has 2 aliphatic rings. The third-order valence-electron chi connectivity index (χ3n) is 5.00. The van der Waals surface area contributed by atoms with Gasteiger partial charge in [0.2, 0.25) is 0 Å². The van der Waals surface area contributed by atoms with Gasteiger partial charge in [0.25, 0.3) is 0 Å². The van der Waals surface area contributed by atoms with Crippen molar-refractivity contribution in [3.63, 3.8) is 0 Å². The largest absolute Gasteiger partial charge is 0.468 e. The molecule has 23 heavy (non-hydrogen) atoms. The molecular weight excluding hydrogens is 292 g/mol. The summed E-state index contributed by atoms with van der Waals surface area (Å²) in [5.41, 5.74) is 3.41. The van der Waals surface area contributed by atoms with Gasteiger partial charge in [0, 0.05) is 0 Å². The van der Waals surface area contributed by atoms with Gasteiger partial charge in [0.15, 0.2) is 5.41 Å². The van der Waals surface area contributed by atoms with Crippen LogP contribution in [0.5, 0.6) is 0 Å². The van der Waals surface area contributed by atoms with Gasteiger partial charge >= 0.3 is 11.9 Å². The SMILES string of the molecule is COC(=O)C1(C(=O)OC)Cc2ccc(C3=CCCCC3)cc2C1. The van der Waals surface area contributed by atoms with Crippen molar-refractivity contribution in [3.8, 4) is 0 Å². The van der Waals surface area contributed by atoms with Gasteiger partial charge in [0.05, 0.1) is 14.2 Å². The van der Waals surface area contributed by atoms with Crippen LogP contribution in [0.2, 0.25) is 0 Å². The number of carbonyl (C=O) groups excluding carboxylic acids is 2. The Morgan fingerprint density at radius 2 is 1.70 bits per heavy atom. The highest BCUT2D eigenvalue weighted by molar-refractivity contribution is 6.01. The molecule has 0 heterocycles. The van der Waals surface area contributed by atoms with E-state index in [9.17, 15) is 9.59 Å². The van der Waals surface area contributed by atoms with Crippen molar-refractivity contribution in [2.75, 3.05) is 14.2 Å². The van der Waals surface area contributed by atoms with Crippen molar-refractivity contribution in [2.45, 2.75) is 38.5 Å². The topological polar surface area (TPSA) is 52.6 Å². The van der Waals surface area contributed by atoms with Crippen LogP contribution in [-0.4, -0.2) is 26.2 Å². The maximum absolute atomic E-state index is 12.3. The monoisotopic (exact) mass is 314 g/mol. The van der Waals surface area contributed by atoms with Gasteiger partial charge in [-0.15, -0.1) is 0 Å². The molecule has 122 valence electrons. The van der Waals surface area contributed by atoms with Crippen molar-refractivity contribution in [2.24, 2.45) is 5.41 Å². The van der Waals surface area contributed by atoms with Crippen LogP contribution in [0, 0.1) is 5.41 Å². The van der Waals surface area contributed by atoms with E-state index in [4.69, 9.17) is 9.47 Å². The minimum atomic E-state index is -1.23. The predicted molar refractivity (Wildman–Crippen MR) is 86.8 cm³/mol. The first-order valence-corrected chi connectivity index (χ1v) is 8.09. The Labute approximate surface area is 136 Å². The molecule has 4 nitrogen and oxygen atoms in total. The van der Waals surface area contributed by atoms with E-state index in [1.807, 2.05) is 6.07 Å². The molecule has 0 amide bonds. The molecule has 0 radical (unpaired) electrons. The summed E-state index contributed by atoms with van der Waals surface area (Å²) in [5, 5.41) is 0. The van der Waals surface area contributed by atoms with Crippen molar-refractivity contribution in [3.05, 3.63) is 41.0 Å². The normalized spacial score (nSPS) is 18.8. The number of fused-ring (bicyclic) bond motifs is 1. The average Bonchev–Trinajstić information content (AvgIpc) is 3.00. The second kappa shape index (κ2) is 6.19. The Bertz CT molecular complexity index is 656. The Balaban J connectivity index is 1.94. The summed E-state index contributed by atoms with van der Waals surface area (Å²) >= 11 is 0. The van der Waals surface area contributed by atoms with Crippen LogP contribution in [0.1, 0.15) is 42.4 Å². The quantitative estimate of drug-likeness (QED) is 0.635. The molecule has 3 rings (SSSR count). The van der Waals surface area contributed by atoms with Crippen LogP contribution >= 0.6 is 0 Å². The smallest absolute Gasteiger partial charge is 0.323 e. The summed E-state index contributed by atoms with van der Waals surface area (Å²) in [6.07, 6.45) is 7.69. The molecule has 0 aliphatic heterocycles. The third kappa shape index (κ3) is 2.67. The molecule has 0 bridgehead atoms. The lowest BCUT2D eigenvalue weighted by Gasteiger charge is -2.22. The summed E-state index contributed by atoms with van der Waals surface area (Å²) < 4.78 is 9.77. The van der Waals surface area contributed by atoms with E-state index < -0.39 is 17.4 Å². The molecule has 0 N–H and O–H groups in total. The Morgan fingerprint density at radius 3 is 2.30 bits per heavy atom. The second-order valence-electron chi connectivity index (χ2n) is 6.38. The predicted octanol–water partition coefficient (Wildman–Crippen LogP) is 3.08. The van der Waals surface area contributed by atoms with Crippen molar-refractivity contribution < 1.29 is 19.1 Å². The number of ether oxygens (including phenoxy) is 2. The molecule has 1 aromatic carbocycles. The number of rotatable bonds is 3. The van der Waals surface area contributed by atoms with E-state index in [2.05, 4.69) is 18.2 Å². The van der Waals surface area contributed by atoms with E-state index in [0.29, 0.717) is 12.8 Å². The highest BCUT2D eigenvalue weighted by Crippen LogP contribution is 2.41. The van der Waals surface area contributed by atoms with Gasteiger partial charge in [-0.1, -0.05) is 24.3 Å². The summed E-state index contributed by atoms with van der Waals surface area (Å²) in [5.74, 6) is -1.03. The molecule has 4 heteroatoms. The number of hydrogen-bond acceptors (Lipinski definition) is 4. The van der Waals surface area contributed by atoms with Gasteiger partial charge in [-0.25, -0.2) is 0 Å². The van der Waals surface area contributed by atoms with E-state index in [1.165, 1.54) is 38.2 Å². The van der Waals surface area contributed by atoms with Gasteiger partial charge in [0.1, 0.15) is 0 Å². The van der Waals surface area contributed by atoms with Crippen LogP contribution in [-0.2, 0) is 31.9 Å². The minimum Gasteiger partial charge on any atom is -0.468 e. The number of carbonyl (C=O) groups is 2. The Morgan fingerprint density at radius 1 is 1.00 bits per heavy atom. The molecule has 1 aromatic rings. The van der Waals surface area contributed by atoms with Crippen molar-refractivity contribution in [1.82, 2.24) is 0 Å². The zero-order valence-electron chi connectivity index (χ0n) is 13.7. The van der Waals surface area contributed by atoms with Crippen LogP contribution in [0.4, 0.5) is 0 Å². The second-order valence-corrected chi connectivity index (χ2v) is 6.38. The van der Waals surface area contributed by atoms with Gasteiger partial charge in [-0.3, -0.25) is 9.59 Å². The summed E-state index contributed by atoms with van der Waals surface area (Å²) in [6.45, 7) is 0. The van der Waals surface area contributed by atoms with E-state index >= 15 is 0 Å². The van der Waals surface area contributed by atoms with Gasteiger partial charge in [-0.05, 0) is 60.8 Å². The molecule has 0 fully saturated rings. The first kappa shape index (κ1) is 15.8. The van der Waals surface area contributed by atoms with Crippen LogP contribution in [0.3, 0.4) is 0 Å². The zero-order chi connectivity index (χ0) is 16.4. The maximum atomic E-state index is 12.3. The standard InChI is InChI=1S/C19H22O4/c1-22-17(20)19(18(21)23-2)11-15-9-8-14(10-16(15)12-19)13-6-4-3-5-7-13/h6,8-10H,3-5,7,11-12H2,1-2H3. The molecule has 0 unspecified atom stereocenters. The van der Waals surface area contributed by atoms with Crippen molar-refractivity contribution >= 4 is 17.5 Å². The average molecular weight is 314 g/mol.